The van der Waals surface area contributed by atoms with Gasteiger partial charge in [0.15, 0.2) is 0 Å². The van der Waals surface area contributed by atoms with Gasteiger partial charge in [-0.2, -0.15) is 0 Å². The van der Waals surface area contributed by atoms with Crippen molar-refractivity contribution in [2.75, 3.05) is 0 Å². The van der Waals surface area contributed by atoms with E-state index in [4.69, 9.17) is 0 Å². The Balaban J connectivity index is 2.94. The summed E-state index contributed by atoms with van der Waals surface area (Å²) in [5.41, 5.74) is 0. The zero-order valence-corrected chi connectivity index (χ0v) is 9.28. The van der Waals surface area contributed by atoms with E-state index in [1.807, 2.05) is 24.3 Å². The molecule has 0 saturated heterocycles. The van der Waals surface area contributed by atoms with E-state index >= 15 is 0 Å². The molecule has 0 spiro atoms. The summed E-state index contributed by atoms with van der Waals surface area (Å²) in [5, 5.41) is 20.9. The Labute approximate surface area is 93.2 Å². The van der Waals surface area contributed by atoms with Crippen LogP contribution in [0.4, 0.5) is 0 Å². The van der Waals surface area contributed by atoms with Crippen molar-refractivity contribution in [2.45, 2.75) is 0 Å². The molecule has 0 aliphatic carbocycles. The van der Waals surface area contributed by atoms with Gasteiger partial charge in [-0.3, -0.25) is 0 Å². The van der Waals surface area contributed by atoms with E-state index in [2.05, 4.69) is 0 Å². The van der Waals surface area contributed by atoms with Gasteiger partial charge in [0.25, 0.3) is 0 Å². The Bertz CT molecular complexity index is 466. The fourth-order valence-electron chi connectivity index (χ4n) is 1.50. The fourth-order valence-corrected chi connectivity index (χ4v) is 2.21. The maximum absolute atomic E-state index is 9.49. The number of fused-ring (bicyclic) bond motifs is 1. The van der Waals surface area contributed by atoms with Crippen molar-refractivity contribution in [3.63, 3.8) is 0 Å². The van der Waals surface area contributed by atoms with Gasteiger partial charge in [0.05, 0.1) is 0 Å². The second kappa shape index (κ2) is 3.22. The van der Waals surface area contributed by atoms with Gasteiger partial charge < -0.3 is 0 Å². The van der Waals surface area contributed by atoms with Gasteiger partial charge in [0.1, 0.15) is 0 Å². The van der Waals surface area contributed by atoms with E-state index in [9.17, 15) is 10.2 Å². The standard InChI is InChI=1S/C10H7O2.Na/c11-9-5-7-3-1-2-4-8(7)6-10(9)12;/h1-5,11-12H;. The molecular formula is C10H7NaO2. The molecule has 3 heteroatoms. The van der Waals surface area contributed by atoms with Crippen LogP contribution in [0.15, 0.2) is 30.3 Å². The molecule has 0 amide bonds. The molecule has 2 aromatic carbocycles. The van der Waals surface area contributed by atoms with Crippen molar-refractivity contribution in [2.24, 2.45) is 0 Å². The van der Waals surface area contributed by atoms with Crippen molar-refractivity contribution >= 4 is 41.5 Å². The number of hydrogen-bond donors (Lipinski definition) is 2. The van der Waals surface area contributed by atoms with Crippen LogP contribution >= 0.6 is 0 Å². The monoisotopic (exact) mass is 182 g/mol. The Morgan fingerprint density at radius 3 is 2.54 bits per heavy atom. The van der Waals surface area contributed by atoms with Gasteiger partial charge >= 0.3 is 93.6 Å². The molecule has 0 fully saturated rings. The predicted molar refractivity (Wildman–Crippen MR) is 52.7 cm³/mol. The zero-order valence-electron chi connectivity index (χ0n) is 7.28. The molecule has 0 aromatic heterocycles. The summed E-state index contributed by atoms with van der Waals surface area (Å²) in [6.07, 6.45) is 0. The number of hydrogen-bond acceptors (Lipinski definition) is 2. The molecule has 0 saturated carbocycles. The minimum atomic E-state index is -0.0244. The van der Waals surface area contributed by atoms with Crippen LogP contribution in [0.25, 0.3) is 10.8 Å². The summed E-state index contributed by atoms with van der Waals surface area (Å²) in [5.74, 6) is 0.00840. The third kappa shape index (κ3) is 1.41. The molecule has 2 rings (SSSR count). The quantitative estimate of drug-likeness (QED) is 0.472. The van der Waals surface area contributed by atoms with Crippen LogP contribution in [0.2, 0.25) is 0 Å². The molecule has 0 heterocycles. The van der Waals surface area contributed by atoms with Gasteiger partial charge in [-0.15, -0.1) is 0 Å². The van der Waals surface area contributed by atoms with Crippen molar-refractivity contribution in [1.29, 1.82) is 0 Å². The number of aromatic hydroxyl groups is 2. The minimum absolute atomic E-state index is 0.0244. The maximum atomic E-state index is 9.49. The van der Waals surface area contributed by atoms with Crippen LogP contribution in [0.5, 0.6) is 11.5 Å². The van der Waals surface area contributed by atoms with E-state index in [-0.39, 0.29) is 11.5 Å². The topological polar surface area (TPSA) is 40.5 Å². The van der Waals surface area contributed by atoms with E-state index in [1.165, 1.54) is 0 Å². The van der Waals surface area contributed by atoms with Crippen molar-refractivity contribution < 1.29 is 10.2 Å². The summed E-state index contributed by atoms with van der Waals surface area (Å²) in [7, 11) is 0. The van der Waals surface area contributed by atoms with Crippen LogP contribution in [-0.2, 0) is 0 Å². The first-order valence-electron chi connectivity index (χ1n) is 4.10. The van der Waals surface area contributed by atoms with Crippen LogP contribution in [-0.4, -0.2) is 38.1 Å². The molecule has 0 unspecified atom stereocenters. The van der Waals surface area contributed by atoms with Gasteiger partial charge in [0, 0.05) is 0 Å². The summed E-state index contributed by atoms with van der Waals surface area (Å²) < 4.78 is 0.857. The SMILES string of the molecule is Oc1cc2ccccc2[c]([Na])c1O. The van der Waals surface area contributed by atoms with Crippen LogP contribution in [0.3, 0.4) is 0 Å². The molecule has 2 aromatic rings. The third-order valence-electron chi connectivity index (χ3n) is 2.25. The van der Waals surface area contributed by atoms with Gasteiger partial charge in [-0.1, -0.05) is 0 Å². The van der Waals surface area contributed by atoms with Crippen molar-refractivity contribution in [3.8, 4) is 11.5 Å². The summed E-state index contributed by atoms with van der Waals surface area (Å²) in [6, 6.07) is 9.32. The average molecular weight is 182 g/mol. The van der Waals surface area contributed by atoms with Crippen molar-refractivity contribution in [3.05, 3.63) is 30.3 Å². The summed E-state index contributed by atoms with van der Waals surface area (Å²) in [6.45, 7) is 0. The molecule has 0 bridgehead atoms. The van der Waals surface area contributed by atoms with Gasteiger partial charge in [0.2, 0.25) is 0 Å². The van der Waals surface area contributed by atoms with E-state index in [0.29, 0.717) is 0 Å². The Morgan fingerprint density at radius 1 is 1.08 bits per heavy atom. The molecule has 0 aliphatic rings. The molecule has 60 valence electrons. The van der Waals surface area contributed by atoms with Crippen molar-refractivity contribution in [1.82, 2.24) is 0 Å². The van der Waals surface area contributed by atoms with Crippen LogP contribution in [0, 0.1) is 0 Å². The molecule has 13 heavy (non-hydrogen) atoms. The molecule has 0 radical (unpaired) electrons. The molecule has 2 N–H and O–H groups in total. The molecule has 2 nitrogen and oxygen atoms in total. The normalized spacial score (nSPS) is 10.6. The Morgan fingerprint density at radius 2 is 1.77 bits per heavy atom. The summed E-state index contributed by atoms with van der Waals surface area (Å²) >= 11 is 0.728. The molecule has 0 atom stereocenters. The second-order valence-electron chi connectivity index (χ2n) is 3.09. The number of phenolic OH excluding ortho intramolecular Hbond substituents is 2. The average Bonchev–Trinajstić information content (AvgIpc) is 2.15. The van der Waals surface area contributed by atoms with E-state index in [1.54, 1.807) is 6.07 Å². The first-order chi connectivity index (χ1) is 6.20. The summed E-state index contributed by atoms with van der Waals surface area (Å²) in [4.78, 5) is 0. The van der Waals surface area contributed by atoms with E-state index in [0.717, 1.165) is 41.5 Å². The first kappa shape index (κ1) is 8.88. The Kier molecular flexibility index (Phi) is 2.20. The third-order valence-corrected chi connectivity index (χ3v) is 3.27. The first-order valence-corrected chi connectivity index (χ1v) is 5.10. The number of phenols is 2. The predicted octanol–water partition coefficient (Wildman–Crippen LogP) is 1.04. The van der Waals surface area contributed by atoms with E-state index < -0.39 is 0 Å². The molecule has 0 aliphatic heterocycles. The fraction of sp³-hybridized carbons (Fsp3) is 0. The molecular weight excluding hydrogens is 175 g/mol. The van der Waals surface area contributed by atoms with Crippen LogP contribution in [0.1, 0.15) is 0 Å². The zero-order chi connectivity index (χ0) is 9.42. The van der Waals surface area contributed by atoms with Gasteiger partial charge in [-0.25, -0.2) is 0 Å². The number of rotatable bonds is 0. The number of benzene rings is 2. The van der Waals surface area contributed by atoms with Gasteiger partial charge in [-0.05, 0) is 0 Å². The second-order valence-corrected chi connectivity index (χ2v) is 4.09. The van der Waals surface area contributed by atoms with Crippen LogP contribution < -0.4 is 2.81 Å². The Hall–Kier alpha value is -0.700.